The summed E-state index contributed by atoms with van der Waals surface area (Å²) in [6.45, 7) is 2.10. The van der Waals surface area contributed by atoms with Crippen molar-refractivity contribution in [2.24, 2.45) is 0 Å². The summed E-state index contributed by atoms with van der Waals surface area (Å²) in [5.74, 6) is -0.972. The lowest BCUT2D eigenvalue weighted by Crippen LogP contribution is -2.58. The molecular weight excluding hydrogens is 407 g/mol. The molecule has 2 aromatic rings. The van der Waals surface area contributed by atoms with E-state index < -0.39 is 27.9 Å². The van der Waals surface area contributed by atoms with Gasteiger partial charge in [-0.05, 0) is 42.5 Å². The molecule has 1 fully saturated rings. The number of hydrogen-bond acceptors (Lipinski definition) is 5. The third-order valence-corrected chi connectivity index (χ3v) is 6.57. The van der Waals surface area contributed by atoms with E-state index in [-0.39, 0.29) is 10.6 Å². The van der Waals surface area contributed by atoms with E-state index in [0.29, 0.717) is 31.2 Å². The zero-order valence-corrected chi connectivity index (χ0v) is 16.3. The second-order valence-corrected chi connectivity index (χ2v) is 8.75. The zero-order valence-electron chi connectivity index (χ0n) is 14.7. The fraction of sp³-hybridized carbons (Fsp3) is 0.278. The number of nitrogens with one attached hydrogen (secondary N) is 2. The molecule has 4 rings (SSSR count). The highest BCUT2D eigenvalue weighted by atomic mass is 35.5. The first kappa shape index (κ1) is 19.0. The van der Waals surface area contributed by atoms with E-state index >= 15 is 0 Å². The number of carbonyl (C=O) groups is 1. The molecule has 1 atom stereocenters. The first-order chi connectivity index (χ1) is 13.3. The largest absolute Gasteiger partial charge is 0.368 e. The molecule has 0 saturated carbocycles. The van der Waals surface area contributed by atoms with E-state index in [4.69, 9.17) is 11.6 Å². The molecule has 0 bridgehead atoms. The topological polar surface area (TPSA) is 81.7 Å². The predicted octanol–water partition coefficient (Wildman–Crippen LogP) is 1.86. The summed E-state index contributed by atoms with van der Waals surface area (Å²) in [5.41, 5.74) is 1.09. The van der Waals surface area contributed by atoms with E-state index in [1.54, 1.807) is 4.90 Å². The fourth-order valence-electron chi connectivity index (χ4n) is 3.38. The molecule has 0 radical (unpaired) electrons. The molecule has 1 unspecified atom stereocenters. The number of rotatable bonds is 2. The standard InChI is InChI=1S/C18H18ClFN4O3S/c19-12-1-4-14(5-2-12)23-7-9-24(10-8-23)18(25)17-21-15-11-13(20)3-6-16(15)28(26,27)22-17/h1-6,11,17,21-22H,7-10H2. The minimum atomic E-state index is -3.90. The number of hydrogen-bond donors (Lipinski definition) is 2. The molecule has 7 nitrogen and oxygen atoms in total. The van der Waals surface area contributed by atoms with Crippen molar-refractivity contribution >= 4 is 38.9 Å². The zero-order chi connectivity index (χ0) is 19.9. The Bertz CT molecular complexity index is 1010. The Labute approximate surface area is 167 Å². The molecule has 0 aliphatic carbocycles. The second kappa shape index (κ2) is 7.23. The second-order valence-electron chi connectivity index (χ2n) is 6.63. The molecule has 2 heterocycles. The lowest BCUT2D eigenvalue weighted by Gasteiger charge is -2.38. The fourth-order valence-corrected chi connectivity index (χ4v) is 4.76. The van der Waals surface area contributed by atoms with Gasteiger partial charge in [0.15, 0.2) is 6.17 Å². The van der Waals surface area contributed by atoms with Gasteiger partial charge in [0.05, 0.1) is 5.69 Å². The van der Waals surface area contributed by atoms with Crippen molar-refractivity contribution in [2.75, 3.05) is 36.4 Å². The van der Waals surface area contributed by atoms with Crippen LogP contribution in [0, 0.1) is 5.82 Å². The summed E-state index contributed by atoms with van der Waals surface area (Å²) >= 11 is 5.91. The average molecular weight is 425 g/mol. The van der Waals surface area contributed by atoms with Crippen LogP contribution < -0.4 is 14.9 Å². The first-order valence-electron chi connectivity index (χ1n) is 8.71. The average Bonchev–Trinajstić information content (AvgIpc) is 2.67. The maximum absolute atomic E-state index is 13.5. The third kappa shape index (κ3) is 3.65. The molecule has 10 heteroatoms. The molecule has 2 aliphatic rings. The number of nitrogens with zero attached hydrogens (tertiary/aromatic N) is 2. The monoisotopic (exact) mass is 424 g/mol. The number of piperazine rings is 1. The van der Waals surface area contributed by atoms with E-state index in [2.05, 4.69) is 14.9 Å². The van der Waals surface area contributed by atoms with Crippen LogP contribution in [0.3, 0.4) is 0 Å². The smallest absolute Gasteiger partial charge is 0.261 e. The highest BCUT2D eigenvalue weighted by Gasteiger charge is 2.36. The Morgan fingerprint density at radius 1 is 1.07 bits per heavy atom. The lowest BCUT2D eigenvalue weighted by molar-refractivity contribution is -0.132. The van der Waals surface area contributed by atoms with Crippen LogP contribution in [-0.4, -0.2) is 51.6 Å². The number of fused-ring (bicyclic) bond motifs is 1. The summed E-state index contributed by atoms with van der Waals surface area (Å²) in [5, 5.41) is 3.45. The van der Waals surface area contributed by atoms with Crippen molar-refractivity contribution in [1.29, 1.82) is 0 Å². The van der Waals surface area contributed by atoms with Gasteiger partial charge in [0.1, 0.15) is 10.7 Å². The molecule has 148 valence electrons. The lowest BCUT2D eigenvalue weighted by atomic mass is 10.2. The SMILES string of the molecule is O=C(C1Nc2cc(F)ccc2S(=O)(=O)N1)N1CCN(c2ccc(Cl)cc2)CC1. The van der Waals surface area contributed by atoms with E-state index in [0.717, 1.165) is 17.8 Å². The van der Waals surface area contributed by atoms with E-state index in [9.17, 15) is 17.6 Å². The van der Waals surface area contributed by atoms with Crippen LogP contribution in [0.2, 0.25) is 5.02 Å². The van der Waals surface area contributed by atoms with Gasteiger partial charge in [-0.15, -0.1) is 0 Å². The van der Waals surface area contributed by atoms with Crippen LogP contribution in [-0.2, 0) is 14.8 Å². The van der Waals surface area contributed by atoms with Crippen LogP contribution >= 0.6 is 11.6 Å². The normalized spacial score (nSPS) is 21.0. The van der Waals surface area contributed by atoms with Gasteiger partial charge in [-0.1, -0.05) is 11.6 Å². The van der Waals surface area contributed by atoms with Gasteiger partial charge in [0.2, 0.25) is 10.0 Å². The van der Waals surface area contributed by atoms with Crippen LogP contribution in [0.5, 0.6) is 0 Å². The minimum absolute atomic E-state index is 0.0782. The summed E-state index contributed by atoms with van der Waals surface area (Å²) in [6, 6.07) is 10.8. The van der Waals surface area contributed by atoms with Crippen molar-refractivity contribution in [2.45, 2.75) is 11.1 Å². The molecule has 2 aromatic carbocycles. The van der Waals surface area contributed by atoms with Crippen LogP contribution in [0.15, 0.2) is 47.4 Å². The van der Waals surface area contributed by atoms with Crippen molar-refractivity contribution in [3.8, 4) is 0 Å². The summed E-state index contributed by atoms with van der Waals surface area (Å²) in [6.07, 6.45) is -1.17. The molecular formula is C18H18ClFN4O3S. The predicted molar refractivity (Wildman–Crippen MR) is 104 cm³/mol. The van der Waals surface area contributed by atoms with Crippen molar-refractivity contribution in [1.82, 2.24) is 9.62 Å². The van der Waals surface area contributed by atoms with Crippen molar-refractivity contribution < 1.29 is 17.6 Å². The summed E-state index contributed by atoms with van der Waals surface area (Å²) in [7, 11) is -3.90. The maximum atomic E-state index is 13.5. The number of benzene rings is 2. The maximum Gasteiger partial charge on any atom is 0.261 e. The Kier molecular flexibility index (Phi) is 4.90. The molecule has 2 aliphatic heterocycles. The van der Waals surface area contributed by atoms with Crippen LogP contribution in [0.4, 0.5) is 15.8 Å². The molecule has 0 aromatic heterocycles. The number of carbonyl (C=O) groups excluding carboxylic acids is 1. The Morgan fingerprint density at radius 3 is 2.43 bits per heavy atom. The minimum Gasteiger partial charge on any atom is -0.368 e. The van der Waals surface area contributed by atoms with Crippen molar-refractivity contribution in [3.63, 3.8) is 0 Å². The van der Waals surface area contributed by atoms with E-state index in [1.807, 2.05) is 24.3 Å². The highest BCUT2D eigenvalue weighted by Crippen LogP contribution is 2.27. The number of amides is 1. The third-order valence-electron chi connectivity index (χ3n) is 4.83. The Morgan fingerprint density at radius 2 is 1.75 bits per heavy atom. The highest BCUT2D eigenvalue weighted by molar-refractivity contribution is 7.89. The van der Waals surface area contributed by atoms with Crippen molar-refractivity contribution in [3.05, 3.63) is 53.3 Å². The molecule has 28 heavy (non-hydrogen) atoms. The Hall–Kier alpha value is -2.36. The Balaban J connectivity index is 1.45. The number of anilines is 2. The number of sulfonamides is 1. The molecule has 1 saturated heterocycles. The van der Waals surface area contributed by atoms with Gasteiger partial charge >= 0.3 is 0 Å². The van der Waals surface area contributed by atoms with Gasteiger partial charge in [-0.2, -0.15) is 4.72 Å². The summed E-state index contributed by atoms with van der Waals surface area (Å²) in [4.78, 5) is 16.5. The van der Waals surface area contributed by atoms with Crippen LogP contribution in [0.1, 0.15) is 0 Å². The van der Waals surface area contributed by atoms with Gasteiger partial charge < -0.3 is 15.1 Å². The molecule has 2 N–H and O–H groups in total. The first-order valence-corrected chi connectivity index (χ1v) is 10.6. The summed E-state index contributed by atoms with van der Waals surface area (Å²) < 4.78 is 40.6. The number of halogens is 2. The molecule has 1 amide bonds. The van der Waals surface area contributed by atoms with Crippen LogP contribution in [0.25, 0.3) is 0 Å². The molecule has 0 spiro atoms. The van der Waals surface area contributed by atoms with Gasteiger partial charge in [-0.3, -0.25) is 4.79 Å². The van der Waals surface area contributed by atoms with E-state index in [1.165, 1.54) is 6.07 Å². The van der Waals surface area contributed by atoms with Gasteiger partial charge in [0, 0.05) is 36.9 Å². The van der Waals surface area contributed by atoms with Gasteiger partial charge in [-0.25, -0.2) is 12.8 Å². The quantitative estimate of drug-likeness (QED) is 0.769. The van der Waals surface area contributed by atoms with Gasteiger partial charge in [0.25, 0.3) is 5.91 Å².